The number of carbonyl (C=O) groups is 1. The van der Waals surface area contributed by atoms with Gasteiger partial charge in [-0.05, 0) is 108 Å². The van der Waals surface area contributed by atoms with Crippen LogP contribution in [0.25, 0.3) is 0 Å². The molecule has 5 rings (SSSR count). The number of hydrogen-bond donors (Lipinski definition) is 0. The molecule has 31 heavy (non-hydrogen) atoms. The number of carbonyl (C=O) groups excluding carboxylic acids is 1. The average molecular weight is 425 g/mol. The Morgan fingerprint density at radius 1 is 0.839 bits per heavy atom. The van der Waals surface area contributed by atoms with Gasteiger partial charge in [0.15, 0.2) is 5.78 Å². The Morgan fingerprint density at radius 2 is 1.55 bits per heavy atom. The Hall–Kier alpha value is -0.590. The first-order valence-electron chi connectivity index (χ1n) is 13.6. The van der Waals surface area contributed by atoms with Crippen LogP contribution in [0.4, 0.5) is 0 Å². The largest absolute Gasteiger partial charge is 0.295 e. The molecular weight excluding hydrogens is 376 g/mol. The van der Waals surface area contributed by atoms with Crippen LogP contribution in [-0.4, -0.2) is 5.78 Å². The lowest BCUT2D eigenvalue weighted by molar-refractivity contribution is -0.185. The summed E-state index contributed by atoms with van der Waals surface area (Å²) in [4.78, 5) is 14.2. The maximum absolute atomic E-state index is 14.2. The van der Waals surface area contributed by atoms with Crippen molar-refractivity contribution >= 4 is 5.78 Å². The van der Waals surface area contributed by atoms with Crippen molar-refractivity contribution in [1.29, 1.82) is 0 Å². The Labute approximate surface area is 192 Å². The van der Waals surface area contributed by atoms with Crippen LogP contribution in [-0.2, 0) is 4.79 Å². The molecule has 1 nitrogen and oxygen atoms in total. The Balaban J connectivity index is 1.65. The minimum absolute atomic E-state index is 0.120. The molecule has 0 bridgehead atoms. The van der Waals surface area contributed by atoms with Gasteiger partial charge in [0.2, 0.25) is 0 Å². The molecule has 0 amide bonds. The molecule has 0 aromatic carbocycles. The fraction of sp³-hybridized carbons (Fsp3) is 0.900. The van der Waals surface area contributed by atoms with Gasteiger partial charge >= 0.3 is 0 Å². The van der Waals surface area contributed by atoms with Gasteiger partial charge in [0.25, 0.3) is 0 Å². The summed E-state index contributed by atoms with van der Waals surface area (Å²) in [6.45, 7) is 20.2. The van der Waals surface area contributed by atoms with Gasteiger partial charge in [-0.3, -0.25) is 4.79 Å². The van der Waals surface area contributed by atoms with E-state index in [0.29, 0.717) is 34.4 Å². The summed E-state index contributed by atoms with van der Waals surface area (Å²) in [7, 11) is 0. The third kappa shape index (κ3) is 2.64. The van der Waals surface area contributed by atoms with Gasteiger partial charge in [-0.25, -0.2) is 0 Å². The molecule has 0 spiro atoms. The lowest BCUT2D eigenvalue weighted by Gasteiger charge is -2.70. The lowest BCUT2D eigenvalue weighted by Crippen LogP contribution is -2.65. The molecule has 0 radical (unpaired) electrons. The van der Waals surface area contributed by atoms with E-state index in [1.54, 1.807) is 5.57 Å². The van der Waals surface area contributed by atoms with E-state index in [2.05, 4.69) is 61.5 Å². The maximum atomic E-state index is 14.2. The monoisotopic (exact) mass is 424 g/mol. The van der Waals surface area contributed by atoms with E-state index in [9.17, 15) is 4.79 Å². The summed E-state index contributed by atoms with van der Waals surface area (Å²) in [6.07, 6.45) is 14.1. The summed E-state index contributed by atoms with van der Waals surface area (Å²) >= 11 is 0. The third-order valence-corrected chi connectivity index (χ3v) is 12.9. The molecule has 0 heterocycles. The van der Waals surface area contributed by atoms with E-state index >= 15 is 0 Å². The minimum atomic E-state index is 0.120. The molecule has 0 aromatic heterocycles. The summed E-state index contributed by atoms with van der Waals surface area (Å²) in [6, 6.07) is 0. The smallest absolute Gasteiger partial charge is 0.159 e. The first-order valence-corrected chi connectivity index (χ1v) is 13.6. The molecule has 0 aliphatic heterocycles. The van der Waals surface area contributed by atoms with Crippen LogP contribution in [0.3, 0.4) is 0 Å². The minimum Gasteiger partial charge on any atom is -0.295 e. The zero-order chi connectivity index (χ0) is 22.6. The SMILES string of the molecule is C[C@H]1[C@H](C)CC[C@]2(C)CC[C@]3(C)C(=CC(=O)[C@@H]4[C@@]5(C)CCCC(C)(C)[C@@H]5CC[C@]43C)[C@H]12. The highest BCUT2D eigenvalue weighted by Gasteiger charge is 2.69. The van der Waals surface area contributed by atoms with Crippen molar-refractivity contribution in [3.05, 3.63) is 11.6 Å². The molecule has 5 aliphatic rings. The predicted molar refractivity (Wildman–Crippen MR) is 130 cm³/mol. The number of hydrogen-bond acceptors (Lipinski definition) is 1. The van der Waals surface area contributed by atoms with Gasteiger partial charge in [-0.2, -0.15) is 0 Å². The van der Waals surface area contributed by atoms with Crippen molar-refractivity contribution in [2.45, 2.75) is 113 Å². The van der Waals surface area contributed by atoms with Crippen LogP contribution >= 0.6 is 0 Å². The van der Waals surface area contributed by atoms with Crippen molar-refractivity contribution in [2.24, 2.45) is 56.7 Å². The van der Waals surface area contributed by atoms with Crippen LogP contribution in [0.5, 0.6) is 0 Å². The van der Waals surface area contributed by atoms with Crippen molar-refractivity contribution in [2.75, 3.05) is 0 Å². The van der Waals surface area contributed by atoms with Crippen LogP contribution in [0.2, 0.25) is 0 Å². The zero-order valence-electron chi connectivity index (χ0n) is 21.7. The van der Waals surface area contributed by atoms with E-state index in [-0.39, 0.29) is 22.2 Å². The fourth-order valence-electron chi connectivity index (χ4n) is 10.8. The molecule has 4 fully saturated rings. The molecule has 5 aliphatic carbocycles. The number of fused-ring (bicyclic) bond motifs is 7. The molecule has 174 valence electrons. The molecule has 0 N–H and O–H groups in total. The zero-order valence-corrected chi connectivity index (χ0v) is 21.7. The first kappa shape index (κ1) is 22.2. The molecular formula is C30H48O. The topological polar surface area (TPSA) is 17.1 Å². The Bertz CT molecular complexity index is 820. The quantitative estimate of drug-likeness (QED) is 0.382. The van der Waals surface area contributed by atoms with Gasteiger partial charge in [-0.1, -0.05) is 67.4 Å². The van der Waals surface area contributed by atoms with Crippen LogP contribution in [0.15, 0.2) is 11.6 Å². The van der Waals surface area contributed by atoms with E-state index < -0.39 is 0 Å². The van der Waals surface area contributed by atoms with Crippen molar-refractivity contribution in [3.63, 3.8) is 0 Å². The van der Waals surface area contributed by atoms with Gasteiger partial charge < -0.3 is 0 Å². The second-order valence-electron chi connectivity index (χ2n) is 14.6. The summed E-state index contributed by atoms with van der Waals surface area (Å²) in [5, 5.41) is 0. The summed E-state index contributed by atoms with van der Waals surface area (Å²) in [5.74, 6) is 3.48. The molecule has 4 saturated carbocycles. The lowest BCUT2D eigenvalue weighted by atomic mass is 9.33. The van der Waals surface area contributed by atoms with Gasteiger partial charge in [0, 0.05) is 5.92 Å². The normalized spacial score (nSPS) is 55.9. The van der Waals surface area contributed by atoms with Crippen molar-refractivity contribution < 1.29 is 4.79 Å². The molecule has 0 aromatic rings. The first-order chi connectivity index (χ1) is 14.3. The number of allylic oxidation sites excluding steroid dienone is 2. The van der Waals surface area contributed by atoms with E-state index in [1.807, 2.05) is 0 Å². The highest BCUT2D eigenvalue weighted by atomic mass is 16.1. The number of ketones is 1. The molecule has 1 heteroatoms. The highest BCUT2D eigenvalue weighted by molar-refractivity contribution is 5.95. The van der Waals surface area contributed by atoms with E-state index in [0.717, 1.165) is 5.92 Å². The van der Waals surface area contributed by atoms with Gasteiger partial charge in [0.1, 0.15) is 0 Å². The fourth-order valence-corrected chi connectivity index (χ4v) is 10.8. The van der Waals surface area contributed by atoms with Crippen molar-refractivity contribution in [3.8, 4) is 0 Å². The van der Waals surface area contributed by atoms with Gasteiger partial charge in [-0.15, -0.1) is 0 Å². The van der Waals surface area contributed by atoms with Crippen molar-refractivity contribution in [1.82, 2.24) is 0 Å². The Morgan fingerprint density at radius 3 is 2.26 bits per heavy atom. The Kier molecular flexibility index (Phi) is 4.66. The van der Waals surface area contributed by atoms with Gasteiger partial charge in [0.05, 0.1) is 0 Å². The predicted octanol–water partition coefficient (Wildman–Crippen LogP) is 8.23. The molecule has 9 atom stereocenters. The van der Waals surface area contributed by atoms with E-state index in [1.165, 1.54) is 57.8 Å². The highest BCUT2D eigenvalue weighted by Crippen LogP contribution is 2.75. The second kappa shape index (κ2) is 6.50. The maximum Gasteiger partial charge on any atom is 0.159 e. The van der Waals surface area contributed by atoms with Crippen LogP contribution in [0.1, 0.15) is 113 Å². The summed E-state index contributed by atoms with van der Waals surface area (Å²) in [5.41, 5.74) is 2.84. The second-order valence-corrected chi connectivity index (χ2v) is 14.6. The average Bonchev–Trinajstić information content (AvgIpc) is 2.66. The summed E-state index contributed by atoms with van der Waals surface area (Å²) < 4.78 is 0. The molecule has 0 unspecified atom stereocenters. The standard InChI is InChI=1S/C30H48O/c1-19-10-14-27(5)16-17-29(7)21(24(27)20(19)2)18-22(31)25-28(6)13-9-12-26(3,4)23(28)11-15-30(25,29)8/h18-20,23-25H,9-17H2,1-8H3/t19-,20+,23+,24+,25-,27-,28+,29-,30-/m1/s1. The van der Waals surface area contributed by atoms with Crippen LogP contribution < -0.4 is 0 Å². The molecule has 0 saturated heterocycles. The number of rotatable bonds is 0. The van der Waals surface area contributed by atoms with Crippen LogP contribution in [0, 0.1) is 56.7 Å². The van der Waals surface area contributed by atoms with E-state index in [4.69, 9.17) is 0 Å². The third-order valence-electron chi connectivity index (χ3n) is 12.9.